The molecule has 1 aromatic carbocycles. The van der Waals surface area contributed by atoms with Gasteiger partial charge in [0, 0.05) is 5.56 Å². The zero-order valence-corrected chi connectivity index (χ0v) is 14.2. The molecule has 1 saturated heterocycles. The van der Waals surface area contributed by atoms with Crippen molar-refractivity contribution >= 4 is 11.9 Å². The van der Waals surface area contributed by atoms with E-state index in [1.807, 2.05) is 20.8 Å². The molecule has 0 unspecified atom stereocenters. The Morgan fingerprint density at radius 2 is 1.88 bits per heavy atom. The summed E-state index contributed by atoms with van der Waals surface area (Å²) in [5.74, 6) is -0.519. The first kappa shape index (κ1) is 18.1. The van der Waals surface area contributed by atoms with Crippen molar-refractivity contribution in [3.05, 3.63) is 23.8 Å². The SMILES string of the molecule is CCOc1cc(C(=O)N2[C@H](C)COC[C@H]2C)ccc1OCC(=O)O. The minimum atomic E-state index is -1.08. The minimum Gasteiger partial charge on any atom is -0.490 e. The Balaban J connectivity index is 2.24. The average Bonchev–Trinajstić information content (AvgIpc) is 2.53. The van der Waals surface area contributed by atoms with Gasteiger partial charge in [0.25, 0.3) is 5.91 Å². The Hall–Kier alpha value is -2.28. The van der Waals surface area contributed by atoms with E-state index in [4.69, 9.17) is 19.3 Å². The lowest BCUT2D eigenvalue weighted by atomic mass is 10.1. The standard InChI is InChI=1S/C17H23NO6/c1-4-23-15-7-13(5-6-14(15)24-10-16(19)20)17(21)18-11(2)8-22-9-12(18)3/h5-7,11-12H,4,8-10H2,1-3H3,(H,19,20)/t11-,12-/m1/s1. The van der Waals surface area contributed by atoms with Crippen molar-refractivity contribution in [2.75, 3.05) is 26.4 Å². The molecule has 1 heterocycles. The van der Waals surface area contributed by atoms with Crippen molar-refractivity contribution in [2.45, 2.75) is 32.9 Å². The molecule has 1 aliphatic rings. The van der Waals surface area contributed by atoms with Gasteiger partial charge in [0.1, 0.15) is 0 Å². The number of ether oxygens (including phenoxy) is 3. The second kappa shape index (κ2) is 8.01. The predicted molar refractivity (Wildman–Crippen MR) is 86.7 cm³/mol. The van der Waals surface area contributed by atoms with Crippen molar-refractivity contribution in [3.8, 4) is 11.5 Å². The third-order valence-corrected chi connectivity index (χ3v) is 3.74. The Kier molecular flexibility index (Phi) is 6.03. The predicted octanol–water partition coefficient (Wildman–Crippen LogP) is 1.80. The van der Waals surface area contributed by atoms with Gasteiger partial charge in [-0.2, -0.15) is 0 Å². The molecule has 132 valence electrons. The molecule has 0 spiro atoms. The molecule has 1 aliphatic heterocycles. The molecule has 1 aromatic rings. The van der Waals surface area contributed by atoms with Gasteiger partial charge in [0.05, 0.1) is 31.9 Å². The topological polar surface area (TPSA) is 85.3 Å². The monoisotopic (exact) mass is 337 g/mol. The summed E-state index contributed by atoms with van der Waals surface area (Å²) in [5.41, 5.74) is 0.474. The molecule has 0 aromatic heterocycles. The van der Waals surface area contributed by atoms with Crippen LogP contribution in [0.15, 0.2) is 18.2 Å². The molecule has 24 heavy (non-hydrogen) atoms. The van der Waals surface area contributed by atoms with E-state index in [1.165, 1.54) is 0 Å². The first-order chi connectivity index (χ1) is 11.4. The summed E-state index contributed by atoms with van der Waals surface area (Å²) >= 11 is 0. The highest BCUT2D eigenvalue weighted by Crippen LogP contribution is 2.30. The largest absolute Gasteiger partial charge is 0.490 e. The van der Waals surface area contributed by atoms with Crippen LogP contribution in [0.2, 0.25) is 0 Å². The molecule has 0 aliphatic carbocycles. The summed E-state index contributed by atoms with van der Waals surface area (Å²) in [6.45, 7) is 6.63. The lowest BCUT2D eigenvalue weighted by molar-refractivity contribution is -0.139. The van der Waals surface area contributed by atoms with Crippen LogP contribution in [0.25, 0.3) is 0 Å². The number of hydrogen-bond donors (Lipinski definition) is 1. The van der Waals surface area contributed by atoms with Crippen LogP contribution in [0.1, 0.15) is 31.1 Å². The molecule has 0 bridgehead atoms. The second-order valence-electron chi connectivity index (χ2n) is 5.72. The third-order valence-electron chi connectivity index (χ3n) is 3.74. The minimum absolute atomic E-state index is 0.0141. The number of carbonyl (C=O) groups excluding carboxylic acids is 1. The number of benzene rings is 1. The number of nitrogens with zero attached hydrogens (tertiary/aromatic N) is 1. The molecular formula is C17H23NO6. The van der Waals surface area contributed by atoms with Crippen LogP contribution in [0.4, 0.5) is 0 Å². The van der Waals surface area contributed by atoms with Crippen molar-refractivity contribution in [1.82, 2.24) is 4.90 Å². The third kappa shape index (κ3) is 4.17. The summed E-state index contributed by atoms with van der Waals surface area (Å²) in [6.07, 6.45) is 0. The Bertz CT molecular complexity index is 593. The first-order valence-corrected chi connectivity index (χ1v) is 7.95. The number of hydrogen-bond acceptors (Lipinski definition) is 5. The summed E-state index contributed by atoms with van der Waals surface area (Å²) in [6, 6.07) is 4.76. The fourth-order valence-electron chi connectivity index (χ4n) is 2.72. The van der Waals surface area contributed by atoms with Crippen molar-refractivity contribution in [2.24, 2.45) is 0 Å². The maximum atomic E-state index is 12.8. The Morgan fingerprint density at radius 3 is 2.46 bits per heavy atom. The maximum Gasteiger partial charge on any atom is 0.341 e. The molecule has 7 heteroatoms. The number of carboxylic acid groups (broad SMARTS) is 1. The van der Waals surface area contributed by atoms with E-state index in [0.717, 1.165) is 0 Å². The second-order valence-corrected chi connectivity index (χ2v) is 5.72. The fourth-order valence-corrected chi connectivity index (χ4v) is 2.72. The number of amides is 1. The van der Waals surface area contributed by atoms with Gasteiger partial charge in [-0.05, 0) is 39.0 Å². The van der Waals surface area contributed by atoms with Crippen LogP contribution in [-0.2, 0) is 9.53 Å². The molecule has 2 atom stereocenters. The van der Waals surface area contributed by atoms with Crippen LogP contribution in [-0.4, -0.2) is 60.4 Å². The highest BCUT2D eigenvalue weighted by Gasteiger charge is 2.30. The Labute approximate surface area is 141 Å². The smallest absolute Gasteiger partial charge is 0.341 e. The van der Waals surface area contributed by atoms with E-state index in [2.05, 4.69) is 0 Å². The molecule has 0 radical (unpaired) electrons. The summed E-state index contributed by atoms with van der Waals surface area (Å²) in [5, 5.41) is 8.73. The molecule has 0 saturated carbocycles. The van der Waals surface area contributed by atoms with Gasteiger partial charge in [0.2, 0.25) is 0 Å². The van der Waals surface area contributed by atoms with E-state index in [-0.39, 0.29) is 18.0 Å². The number of carboxylic acids is 1. The van der Waals surface area contributed by atoms with Gasteiger partial charge in [-0.1, -0.05) is 0 Å². The van der Waals surface area contributed by atoms with Gasteiger partial charge >= 0.3 is 5.97 Å². The van der Waals surface area contributed by atoms with Gasteiger partial charge in [0.15, 0.2) is 18.1 Å². The summed E-state index contributed by atoms with van der Waals surface area (Å²) in [4.78, 5) is 25.3. The highest BCUT2D eigenvalue weighted by atomic mass is 16.5. The normalized spacial score (nSPS) is 20.5. The van der Waals surface area contributed by atoms with Crippen LogP contribution in [0.3, 0.4) is 0 Å². The summed E-state index contributed by atoms with van der Waals surface area (Å²) in [7, 11) is 0. The zero-order chi connectivity index (χ0) is 17.7. The van der Waals surface area contributed by atoms with E-state index in [0.29, 0.717) is 36.9 Å². The maximum absolute atomic E-state index is 12.8. The summed E-state index contributed by atoms with van der Waals surface area (Å²) < 4.78 is 16.1. The van der Waals surface area contributed by atoms with E-state index >= 15 is 0 Å². The first-order valence-electron chi connectivity index (χ1n) is 7.95. The molecule has 7 nitrogen and oxygen atoms in total. The lowest BCUT2D eigenvalue weighted by Gasteiger charge is -2.38. The van der Waals surface area contributed by atoms with Gasteiger partial charge < -0.3 is 24.2 Å². The molecule has 1 fully saturated rings. The van der Waals surface area contributed by atoms with E-state index in [1.54, 1.807) is 23.1 Å². The van der Waals surface area contributed by atoms with Crippen LogP contribution in [0.5, 0.6) is 11.5 Å². The highest BCUT2D eigenvalue weighted by molar-refractivity contribution is 5.95. The van der Waals surface area contributed by atoms with Gasteiger partial charge in [-0.25, -0.2) is 4.79 Å². The van der Waals surface area contributed by atoms with Crippen LogP contribution in [0, 0.1) is 0 Å². The lowest BCUT2D eigenvalue weighted by Crippen LogP contribution is -2.52. The molecule has 1 amide bonds. The molecule has 1 N–H and O–H groups in total. The van der Waals surface area contributed by atoms with Gasteiger partial charge in [-0.15, -0.1) is 0 Å². The van der Waals surface area contributed by atoms with Crippen molar-refractivity contribution < 1.29 is 28.9 Å². The van der Waals surface area contributed by atoms with E-state index in [9.17, 15) is 9.59 Å². The Morgan fingerprint density at radius 1 is 1.21 bits per heavy atom. The van der Waals surface area contributed by atoms with Crippen molar-refractivity contribution in [1.29, 1.82) is 0 Å². The fraction of sp³-hybridized carbons (Fsp3) is 0.529. The quantitative estimate of drug-likeness (QED) is 0.852. The van der Waals surface area contributed by atoms with Crippen LogP contribution < -0.4 is 9.47 Å². The molecular weight excluding hydrogens is 314 g/mol. The number of morpholine rings is 1. The van der Waals surface area contributed by atoms with Crippen molar-refractivity contribution in [3.63, 3.8) is 0 Å². The zero-order valence-electron chi connectivity index (χ0n) is 14.2. The molecule has 2 rings (SSSR count). The number of carbonyl (C=O) groups is 2. The average molecular weight is 337 g/mol. The number of rotatable bonds is 6. The van der Waals surface area contributed by atoms with Crippen LogP contribution >= 0.6 is 0 Å². The van der Waals surface area contributed by atoms with E-state index < -0.39 is 12.6 Å². The number of aliphatic carboxylic acids is 1. The van der Waals surface area contributed by atoms with Gasteiger partial charge in [-0.3, -0.25) is 4.79 Å².